The molecule has 1 saturated heterocycles. The molecule has 6 nitrogen and oxygen atoms in total. The van der Waals surface area contributed by atoms with Gasteiger partial charge in [0.1, 0.15) is 6.04 Å². The van der Waals surface area contributed by atoms with Crippen molar-refractivity contribution < 1.29 is 14.3 Å². The van der Waals surface area contributed by atoms with Gasteiger partial charge >= 0.3 is 0 Å². The minimum absolute atomic E-state index is 0.0604. The quantitative estimate of drug-likeness (QED) is 0.438. The van der Waals surface area contributed by atoms with E-state index in [2.05, 4.69) is 43.4 Å². The van der Waals surface area contributed by atoms with Crippen molar-refractivity contribution in [1.29, 1.82) is 0 Å². The number of nitrogens with one attached hydrogen (secondary N) is 1. The first-order chi connectivity index (χ1) is 16.5. The van der Waals surface area contributed by atoms with Gasteiger partial charge in [-0.05, 0) is 48.1 Å². The molecule has 1 unspecified atom stereocenters. The lowest BCUT2D eigenvalue weighted by atomic mass is 10.0. The lowest BCUT2D eigenvalue weighted by molar-refractivity contribution is -0.122. The summed E-state index contributed by atoms with van der Waals surface area (Å²) in [6.45, 7) is 5.51. The number of ether oxygens (including phenoxy) is 2. The van der Waals surface area contributed by atoms with Crippen molar-refractivity contribution in [1.82, 2.24) is 5.01 Å². The van der Waals surface area contributed by atoms with Crippen LogP contribution in [0.25, 0.3) is 10.8 Å². The molecule has 4 rings (SSSR count). The Labute approximate surface area is 201 Å². The molecule has 3 aromatic rings. The normalized spacial score (nSPS) is 16.2. The summed E-state index contributed by atoms with van der Waals surface area (Å²) < 4.78 is 11.3. The van der Waals surface area contributed by atoms with Crippen LogP contribution < -0.4 is 14.8 Å². The van der Waals surface area contributed by atoms with Gasteiger partial charge in [-0.25, -0.2) is 0 Å². The van der Waals surface area contributed by atoms with E-state index < -0.39 is 0 Å². The lowest BCUT2D eigenvalue weighted by Gasteiger charge is -2.32. The molecule has 34 heavy (non-hydrogen) atoms. The molecule has 3 aromatic carbocycles. The molecule has 0 bridgehead atoms. The van der Waals surface area contributed by atoms with Crippen molar-refractivity contribution in [2.24, 2.45) is 11.0 Å². The number of hydrogen-bond donors (Lipinski definition) is 1. The molecule has 6 heteroatoms. The second-order valence-electron chi connectivity index (χ2n) is 9.05. The van der Waals surface area contributed by atoms with Gasteiger partial charge in [0.2, 0.25) is 5.91 Å². The van der Waals surface area contributed by atoms with E-state index in [1.807, 2.05) is 47.6 Å². The van der Waals surface area contributed by atoms with E-state index in [4.69, 9.17) is 14.6 Å². The smallest absolute Gasteiger partial charge is 0.248 e. The molecule has 1 N–H and O–H groups in total. The van der Waals surface area contributed by atoms with Gasteiger partial charge in [0, 0.05) is 23.9 Å². The van der Waals surface area contributed by atoms with E-state index in [0.29, 0.717) is 29.7 Å². The monoisotopic (exact) mass is 459 g/mol. The number of benzene rings is 3. The molecule has 1 aliphatic rings. The molecule has 1 atom stereocenters. The first-order valence-corrected chi connectivity index (χ1v) is 11.9. The fourth-order valence-corrected chi connectivity index (χ4v) is 4.17. The molecular formula is C28H33N3O3. The molecule has 1 aliphatic heterocycles. The van der Waals surface area contributed by atoms with Crippen LogP contribution in [-0.2, 0) is 4.79 Å². The average molecular weight is 460 g/mol. The first kappa shape index (κ1) is 23.6. The van der Waals surface area contributed by atoms with Crippen molar-refractivity contribution >= 4 is 28.6 Å². The van der Waals surface area contributed by atoms with E-state index in [1.165, 1.54) is 5.39 Å². The van der Waals surface area contributed by atoms with Crippen molar-refractivity contribution in [3.8, 4) is 11.5 Å². The van der Waals surface area contributed by atoms with E-state index in [1.54, 1.807) is 7.11 Å². The highest BCUT2D eigenvalue weighted by molar-refractivity contribution is 6.00. The zero-order chi connectivity index (χ0) is 23.9. The van der Waals surface area contributed by atoms with Crippen LogP contribution in [0.3, 0.4) is 0 Å². The number of fused-ring (bicyclic) bond motifs is 1. The fraction of sp³-hybridized carbons (Fsp3) is 0.357. The van der Waals surface area contributed by atoms with E-state index in [-0.39, 0.29) is 11.9 Å². The standard InChI is InChI=1S/C28H33N3O3/c1-20(2)19-34-27-17-23(14-15-26(27)33-3)30-28(32)25-13-6-7-16-31(25)29-18-22-11-8-10-21-9-4-5-12-24(21)22/h4-5,8-12,14-15,17-18,20,25H,6-7,13,16,19H2,1-3H3,(H,30,32)/b29-18+. The molecule has 0 aliphatic carbocycles. The maximum absolute atomic E-state index is 13.2. The van der Waals surface area contributed by atoms with Crippen molar-refractivity contribution in [2.75, 3.05) is 25.6 Å². The molecule has 1 fully saturated rings. The highest BCUT2D eigenvalue weighted by Crippen LogP contribution is 2.31. The Morgan fingerprint density at radius 2 is 1.94 bits per heavy atom. The zero-order valence-corrected chi connectivity index (χ0v) is 20.2. The predicted octanol–water partition coefficient (Wildman–Crippen LogP) is 5.71. The second kappa shape index (κ2) is 11.1. The zero-order valence-electron chi connectivity index (χ0n) is 20.2. The van der Waals surface area contributed by atoms with E-state index in [0.717, 1.165) is 36.8 Å². The van der Waals surface area contributed by atoms with Crippen LogP contribution in [0, 0.1) is 5.92 Å². The highest BCUT2D eigenvalue weighted by Gasteiger charge is 2.28. The Balaban J connectivity index is 1.49. The maximum Gasteiger partial charge on any atom is 0.248 e. The first-order valence-electron chi connectivity index (χ1n) is 11.9. The Kier molecular flexibility index (Phi) is 7.68. The highest BCUT2D eigenvalue weighted by atomic mass is 16.5. The molecule has 1 amide bonds. The summed E-state index contributed by atoms with van der Waals surface area (Å²) in [6.07, 6.45) is 4.67. The van der Waals surface area contributed by atoms with Crippen LogP contribution in [0.1, 0.15) is 38.7 Å². The van der Waals surface area contributed by atoms with Gasteiger partial charge in [-0.15, -0.1) is 0 Å². The number of piperidine rings is 1. The number of anilines is 1. The summed E-state index contributed by atoms with van der Waals surface area (Å²) in [5.41, 5.74) is 1.73. The molecule has 0 radical (unpaired) electrons. The third kappa shape index (κ3) is 5.68. The number of hydrogen-bond acceptors (Lipinski definition) is 5. The number of methoxy groups -OCH3 is 1. The second-order valence-corrected chi connectivity index (χ2v) is 9.05. The Bertz CT molecular complexity index is 1150. The summed E-state index contributed by atoms with van der Waals surface area (Å²) in [4.78, 5) is 13.2. The molecular weight excluding hydrogens is 426 g/mol. The Hall–Kier alpha value is -3.54. The van der Waals surface area contributed by atoms with Crippen LogP contribution in [0.2, 0.25) is 0 Å². The topological polar surface area (TPSA) is 63.2 Å². The van der Waals surface area contributed by atoms with E-state index in [9.17, 15) is 4.79 Å². The third-order valence-electron chi connectivity index (χ3n) is 5.95. The van der Waals surface area contributed by atoms with Crippen molar-refractivity contribution in [3.63, 3.8) is 0 Å². The van der Waals surface area contributed by atoms with Gasteiger partial charge in [0.05, 0.1) is 19.9 Å². The molecule has 1 heterocycles. The number of nitrogens with zero attached hydrogens (tertiary/aromatic N) is 2. The number of carbonyl (C=O) groups is 1. The minimum atomic E-state index is -0.317. The summed E-state index contributed by atoms with van der Waals surface area (Å²) in [7, 11) is 1.61. The summed E-state index contributed by atoms with van der Waals surface area (Å²) in [6, 6.07) is 19.6. The van der Waals surface area contributed by atoms with Gasteiger partial charge in [-0.2, -0.15) is 5.10 Å². The number of carbonyl (C=O) groups excluding carboxylic acids is 1. The lowest BCUT2D eigenvalue weighted by Crippen LogP contribution is -2.44. The summed E-state index contributed by atoms with van der Waals surface area (Å²) in [5, 5.41) is 12.0. The molecule has 178 valence electrons. The molecule has 0 spiro atoms. The minimum Gasteiger partial charge on any atom is -0.493 e. The maximum atomic E-state index is 13.2. The van der Waals surface area contributed by atoms with Crippen LogP contribution >= 0.6 is 0 Å². The van der Waals surface area contributed by atoms with Gasteiger partial charge in [-0.1, -0.05) is 56.3 Å². The predicted molar refractivity (Wildman–Crippen MR) is 138 cm³/mol. The van der Waals surface area contributed by atoms with Crippen LogP contribution in [0.15, 0.2) is 65.8 Å². The SMILES string of the molecule is COc1ccc(NC(=O)C2CCCCN2/N=C/c2cccc3ccccc23)cc1OCC(C)C. The van der Waals surface area contributed by atoms with Crippen LogP contribution in [0.5, 0.6) is 11.5 Å². The van der Waals surface area contributed by atoms with Crippen molar-refractivity contribution in [3.05, 3.63) is 66.2 Å². The summed E-state index contributed by atoms with van der Waals surface area (Å²) in [5.74, 6) is 1.61. The van der Waals surface area contributed by atoms with Crippen molar-refractivity contribution in [2.45, 2.75) is 39.2 Å². The molecule has 0 aromatic heterocycles. The Morgan fingerprint density at radius 3 is 2.76 bits per heavy atom. The van der Waals surface area contributed by atoms with Gasteiger partial charge in [0.25, 0.3) is 0 Å². The molecule has 0 saturated carbocycles. The Morgan fingerprint density at radius 1 is 1.12 bits per heavy atom. The van der Waals surface area contributed by atoms with Crippen LogP contribution in [-0.4, -0.2) is 43.4 Å². The fourth-order valence-electron chi connectivity index (χ4n) is 4.17. The van der Waals surface area contributed by atoms with Gasteiger partial charge < -0.3 is 14.8 Å². The average Bonchev–Trinajstić information content (AvgIpc) is 2.86. The van der Waals surface area contributed by atoms with Gasteiger partial charge in [0.15, 0.2) is 11.5 Å². The van der Waals surface area contributed by atoms with E-state index >= 15 is 0 Å². The number of rotatable bonds is 8. The summed E-state index contributed by atoms with van der Waals surface area (Å²) >= 11 is 0. The largest absolute Gasteiger partial charge is 0.493 e. The number of hydrazone groups is 1. The number of amides is 1. The van der Waals surface area contributed by atoms with Gasteiger partial charge in [-0.3, -0.25) is 9.80 Å². The third-order valence-corrected chi connectivity index (χ3v) is 5.95. The van der Waals surface area contributed by atoms with Crippen LogP contribution in [0.4, 0.5) is 5.69 Å².